The van der Waals surface area contributed by atoms with Crippen molar-refractivity contribution in [1.82, 2.24) is 15.6 Å². The number of hydrogen-bond donors (Lipinski definition) is 3. The molecule has 212 valence electrons. The Kier molecular flexibility index (Phi) is 8.43. The average molecular weight is 602 g/mol. The van der Waals surface area contributed by atoms with Crippen molar-refractivity contribution in [3.63, 3.8) is 0 Å². The molecule has 3 aromatic rings. The number of rotatable bonds is 8. The smallest absolute Gasteiger partial charge is 0.424 e. The quantitative estimate of drug-likeness (QED) is 0.324. The SMILES string of the molecule is COc1ccc(C(O)(CNC(=O)c2ccc(O[C@H]3CCNC3=O)c(Cl)c2)C(F)(F)F)nc1-c1ccc(F)c(Cl)c1. The fraction of sp³-hybridized carbons (Fsp3) is 0.269. The maximum atomic E-state index is 14.2. The number of ether oxygens (including phenoxy) is 2. The van der Waals surface area contributed by atoms with E-state index < -0.39 is 41.8 Å². The van der Waals surface area contributed by atoms with E-state index in [1.54, 1.807) is 0 Å². The van der Waals surface area contributed by atoms with Gasteiger partial charge in [0.15, 0.2) is 6.10 Å². The van der Waals surface area contributed by atoms with E-state index in [0.29, 0.717) is 13.0 Å². The third-order valence-electron chi connectivity index (χ3n) is 6.13. The van der Waals surface area contributed by atoms with E-state index in [4.69, 9.17) is 32.7 Å². The molecule has 1 aliphatic heterocycles. The van der Waals surface area contributed by atoms with Gasteiger partial charge in [-0.25, -0.2) is 9.37 Å². The van der Waals surface area contributed by atoms with E-state index in [9.17, 15) is 32.3 Å². The zero-order chi connectivity index (χ0) is 29.2. The summed E-state index contributed by atoms with van der Waals surface area (Å²) in [7, 11) is 1.26. The van der Waals surface area contributed by atoms with Crippen molar-refractivity contribution in [2.24, 2.45) is 0 Å². The number of methoxy groups -OCH3 is 1. The van der Waals surface area contributed by atoms with Crippen LogP contribution in [0.4, 0.5) is 17.6 Å². The van der Waals surface area contributed by atoms with Crippen LogP contribution in [0.1, 0.15) is 22.5 Å². The molecular formula is C26H21Cl2F4N3O5. The topological polar surface area (TPSA) is 110 Å². The molecule has 0 spiro atoms. The highest BCUT2D eigenvalue weighted by Crippen LogP contribution is 2.40. The van der Waals surface area contributed by atoms with Crippen LogP contribution < -0.4 is 20.1 Å². The van der Waals surface area contributed by atoms with Crippen LogP contribution in [0.3, 0.4) is 0 Å². The van der Waals surface area contributed by atoms with E-state index in [1.165, 1.54) is 25.3 Å². The van der Waals surface area contributed by atoms with Crippen molar-refractivity contribution in [3.05, 3.63) is 75.7 Å². The number of carbonyl (C=O) groups excluding carboxylic acids is 2. The number of nitrogens with zero attached hydrogens (tertiary/aromatic N) is 1. The second-order valence-electron chi connectivity index (χ2n) is 8.75. The predicted molar refractivity (Wildman–Crippen MR) is 137 cm³/mol. The molecule has 4 rings (SSSR count). The zero-order valence-corrected chi connectivity index (χ0v) is 22.1. The molecule has 14 heteroatoms. The summed E-state index contributed by atoms with van der Waals surface area (Å²) in [6.45, 7) is -0.873. The van der Waals surface area contributed by atoms with Gasteiger partial charge < -0.3 is 25.2 Å². The number of halogens is 6. The molecule has 1 fully saturated rings. The molecule has 2 atom stereocenters. The molecular weight excluding hydrogens is 581 g/mol. The van der Waals surface area contributed by atoms with Crippen LogP contribution in [0.25, 0.3) is 11.3 Å². The highest BCUT2D eigenvalue weighted by molar-refractivity contribution is 6.32. The molecule has 0 saturated carbocycles. The first kappa shape index (κ1) is 29.4. The van der Waals surface area contributed by atoms with Crippen LogP contribution in [0, 0.1) is 5.82 Å². The Morgan fingerprint density at radius 1 is 1.12 bits per heavy atom. The first-order chi connectivity index (χ1) is 18.8. The van der Waals surface area contributed by atoms with Crippen LogP contribution in [-0.4, -0.2) is 54.4 Å². The monoisotopic (exact) mass is 601 g/mol. The second kappa shape index (κ2) is 11.5. The van der Waals surface area contributed by atoms with Gasteiger partial charge in [-0.3, -0.25) is 9.59 Å². The number of alkyl halides is 3. The summed E-state index contributed by atoms with van der Waals surface area (Å²) < 4.78 is 67.0. The number of amides is 2. The molecule has 1 aromatic heterocycles. The highest BCUT2D eigenvalue weighted by atomic mass is 35.5. The van der Waals surface area contributed by atoms with Gasteiger partial charge >= 0.3 is 6.18 Å². The van der Waals surface area contributed by atoms with Gasteiger partial charge in [0.05, 0.1) is 29.4 Å². The minimum atomic E-state index is -5.28. The third kappa shape index (κ3) is 5.93. The van der Waals surface area contributed by atoms with E-state index in [1.807, 2.05) is 0 Å². The molecule has 2 aromatic carbocycles. The van der Waals surface area contributed by atoms with Gasteiger partial charge in [-0.2, -0.15) is 13.2 Å². The van der Waals surface area contributed by atoms with E-state index in [0.717, 1.165) is 30.3 Å². The maximum Gasteiger partial charge on any atom is 0.424 e. The van der Waals surface area contributed by atoms with Crippen molar-refractivity contribution in [2.75, 3.05) is 20.2 Å². The number of carbonyl (C=O) groups is 2. The summed E-state index contributed by atoms with van der Waals surface area (Å²) in [6.07, 6.45) is -5.62. The van der Waals surface area contributed by atoms with Crippen LogP contribution in [-0.2, 0) is 10.4 Å². The lowest BCUT2D eigenvalue weighted by Gasteiger charge is -2.30. The summed E-state index contributed by atoms with van der Waals surface area (Å²) >= 11 is 12.0. The molecule has 1 aliphatic rings. The Balaban J connectivity index is 1.58. The first-order valence-electron chi connectivity index (χ1n) is 11.7. The van der Waals surface area contributed by atoms with Gasteiger partial charge in [-0.1, -0.05) is 23.2 Å². The summed E-state index contributed by atoms with van der Waals surface area (Å²) in [4.78, 5) is 28.4. The van der Waals surface area contributed by atoms with E-state index in [-0.39, 0.29) is 44.3 Å². The van der Waals surface area contributed by atoms with E-state index >= 15 is 0 Å². The van der Waals surface area contributed by atoms with Crippen LogP contribution in [0.5, 0.6) is 11.5 Å². The maximum absolute atomic E-state index is 14.2. The van der Waals surface area contributed by atoms with Gasteiger partial charge in [0.25, 0.3) is 11.8 Å². The molecule has 40 heavy (non-hydrogen) atoms. The minimum Gasteiger partial charge on any atom is -0.494 e. The Morgan fingerprint density at radius 3 is 2.45 bits per heavy atom. The summed E-state index contributed by atoms with van der Waals surface area (Å²) in [5.74, 6) is -1.90. The standard InChI is InChI=1S/C26H21Cl2F4N3O5/c1-39-19-6-7-21(35-22(19)13-2-4-17(29)15(27)10-13)25(38,26(30,31)32)12-34-23(36)14-3-5-18(16(28)11-14)40-20-8-9-33-24(20)37/h2-7,10-11,20,38H,8-9,12H2,1H3,(H,33,37)(H,34,36)/t20-,25?/m0/s1. The van der Waals surface area contributed by atoms with Gasteiger partial charge in [0.1, 0.15) is 23.0 Å². The molecule has 0 radical (unpaired) electrons. The van der Waals surface area contributed by atoms with Gasteiger partial charge in [-0.15, -0.1) is 0 Å². The zero-order valence-electron chi connectivity index (χ0n) is 20.6. The Bertz CT molecular complexity index is 1460. The van der Waals surface area contributed by atoms with Crippen molar-refractivity contribution < 1.29 is 41.7 Å². The van der Waals surface area contributed by atoms with Crippen molar-refractivity contribution >= 4 is 35.0 Å². The van der Waals surface area contributed by atoms with Gasteiger partial charge in [0, 0.05) is 24.1 Å². The normalized spacial score (nSPS) is 16.7. The van der Waals surface area contributed by atoms with E-state index in [2.05, 4.69) is 15.6 Å². The molecule has 8 nitrogen and oxygen atoms in total. The Labute approximate surface area is 235 Å². The van der Waals surface area contributed by atoms with Crippen molar-refractivity contribution in [2.45, 2.75) is 24.3 Å². The number of benzene rings is 2. The third-order valence-corrected chi connectivity index (χ3v) is 6.72. The van der Waals surface area contributed by atoms with Crippen molar-refractivity contribution in [1.29, 1.82) is 0 Å². The van der Waals surface area contributed by atoms with Crippen molar-refractivity contribution in [3.8, 4) is 22.8 Å². The second-order valence-corrected chi connectivity index (χ2v) is 9.56. The largest absolute Gasteiger partial charge is 0.494 e. The fourth-order valence-corrected chi connectivity index (χ4v) is 4.32. The average Bonchev–Trinajstić information content (AvgIpc) is 3.32. The fourth-order valence-electron chi connectivity index (χ4n) is 3.91. The van der Waals surface area contributed by atoms with Gasteiger partial charge in [-0.05, 0) is 48.5 Å². The van der Waals surface area contributed by atoms with Gasteiger partial charge in [0.2, 0.25) is 5.60 Å². The lowest BCUT2D eigenvalue weighted by Crippen LogP contribution is -2.51. The number of pyridine rings is 1. The molecule has 2 amide bonds. The summed E-state index contributed by atoms with van der Waals surface area (Å²) in [6, 6.07) is 9.16. The number of hydrogen-bond acceptors (Lipinski definition) is 6. The minimum absolute atomic E-state index is 0.0343. The Hall–Kier alpha value is -3.61. The van der Waals surface area contributed by atoms with Crippen LogP contribution >= 0.6 is 23.2 Å². The lowest BCUT2D eigenvalue weighted by atomic mass is 9.96. The molecule has 2 heterocycles. The molecule has 3 N–H and O–H groups in total. The highest BCUT2D eigenvalue weighted by Gasteiger charge is 2.56. The Morgan fingerprint density at radius 2 is 1.85 bits per heavy atom. The predicted octanol–water partition coefficient (Wildman–Crippen LogP) is 4.65. The summed E-state index contributed by atoms with van der Waals surface area (Å²) in [5, 5.41) is 15.1. The molecule has 0 aliphatic carbocycles. The summed E-state index contributed by atoms with van der Waals surface area (Å²) in [5.41, 5.74) is -4.62. The first-order valence-corrected chi connectivity index (χ1v) is 12.4. The molecule has 1 unspecified atom stereocenters. The van der Waals surface area contributed by atoms with Crippen LogP contribution in [0.15, 0.2) is 48.5 Å². The molecule has 0 bridgehead atoms. The lowest BCUT2D eigenvalue weighted by molar-refractivity contribution is -0.265. The number of nitrogens with one attached hydrogen (secondary N) is 2. The number of aromatic nitrogens is 1. The molecule has 1 saturated heterocycles. The van der Waals surface area contributed by atoms with Crippen LogP contribution in [0.2, 0.25) is 10.0 Å². The number of aliphatic hydroxyl groups is 1.